The molecule has 0 bridgehead atoms. The summed E-state index contributed by atoms with van der Waals surface area (Å²) in [6.45, 7) is 1.24. The molecule has 0 spiro atoms. The number of carbonyl (C=O) groups excluding carboxylic acids is 1. The Balaban J connectivity index is 1.65. The van der Waals surface area contributed by atoms with E-state index in [1.54, 1.807) is 23.2 Å². The van der Waals surface area contributed by atoms with Gasteiger partial charge in [-0.2, -0.15) is 5.10 Å². The van der Waals surface area contributed by atoms with Crippen LogP contribution in [0.2, 0.25) is 0 Å². The number of aromatic nitrogens is 2. The molecule has 2 amide bonds. The molecular formula is C21H23F2N5O. The Hall–Kier alpha value is -3.16. The predicted molar refractivity (Wildman–Crippen MR) is 109 cm³/mol. The number of carbonyl (C=O) groups is 1. The second-order valence-corrected chi connectivity index (χ2v) is 7.34. The van der Waals surface area contributed by atoms with E-state index < -0.39 is 17.7 Å². The summed E-state index contributed by atoms with van der Waals surface area (Å²) in [5, 5.41) is 7.51. The molecule has 1 aliphatic rings. The molecule has 0 saturated carbocycles. The number of H-pyrrole nitrogens is 1. The Morgan fingerprint density at radius 3 is 2.48 bits per heavy atom. The fraction of sp³-hybridized carbons (Fsp3) is 0.333. The molecule has 2 heterocycles. The molecule has 0 radical (unpaired) electrons. The van der Waals surface area contributed by atoms with Crippen LogP contribution in [0, 0.1) is 11.6 Å². The van der Waals surface area contributed by atoms with Crippen LogP contribution < -0.4 is 15.5 Å². The van der Waals surface area contributed by atoms with Crippen molar-refractivity contribution in [2.75, 3.05) is 22.9 Å². The molecule has 152 valence electrons. The maximum absolute atomic E-state index is 14.9. The van der Waals surface area contributed by atoms with Crippen molar-refractivity contribution in [2.45, 2.75) is 32.2 Å². The lowest BCUT2D eigenvalue weighted by molar-refractivity contribution is 0.253. The zero-order valence-electron chi connectivity index (χ0n) is 16.0. The number of hydrogen-bond donors (Lipinski definition) is 2. The van der Waals surface area contributed by atoms with Crippen molar-refractivity contribution in [1.82, 2.24) is 10.2 Å². The lowest BCUT2D eigenvalue weighted by Gasteiger charge is -2.25. The number of nitrogens with one attached hydrogen (secondary N) is 1. The summed E-state index contributed by atoms with van der Waals surface area (Å²) in [7, 11) is 0. The Kier molecular flexibility index (Phi) is 5.33. The first-order valence-electron chi connectivity index (χ1n) is 9.76. The first kappa shape index (κ1) is 19.2. The quantitative estimate of drug-likeness (QED) is 0.686. The van der Waals surface area contributed by atoms with E-state index in [0.717, 1.165) is 31.2 Å². The number of urea groups is 1. The first-order valence-corrected chi connectivity index (χ1v) is 9.76. The number of primary amides is 1. The molecule has 4 rings (SSSR count). The van der Waals surface area contributed by atoms with Crippen molar-refractivity contribution in [1.29, 1.82) is 0 Å². The monoisotopic (exact) mass is 399 g/mol. The molecule has 3 N–H and O–H groups in total. The van der Waals surface area contributed by atoms with Crippen LogP contribution in [0.15, 0.2) is 36.5 Å². The van der Waals surface area contributed by atoms with E-state index in [2.05, 4.69) is 10.2 Å². The van der Waals surface area contributed by atoms with Gasteiger partial charge in [-0.25, -0.2) is 13.6 Å². The Bertz CT molecular complexity index is 1000. The predicted octanol–water partition coefficient (Wildman–Crippen LogP) is 4.31. The van der Waals surface area contributed by atoms with Gasteiger partial charge in [0.25, 0.3) is 0 Å². The second-order valence-electron chi connectivity index (χ2n) is 7.34. The molecule has 8 heteroatoms. The summed E-state index contributed by atoms with van der Waals surface area (Å²) >= 11 is 0. The number of benzene rings is 2. The van der Waals surface area contributed by atoms with Gasteiger partial charge in [0.2, 0.25) is 0 Å². The van der Waals surface area contributed by atoms with Gasteiger partial charge < -0.3 is 10.6 Å². The SMILES string of the molecule is NC(=O)N(Cc1cc(F)c(N2CCCCCC2)c(F)c1)c1cccc2[nH]ncc12. The summed E-state index contributed by atoms with van der Waals surface area (Å²) in [6, 6.07) is 7.16. The molecule has 1 saturated heterocycles. The van der Waals surface area contributed by atoms with Crippen molar-refractivity contribution in [3.8, 4) is 0 Å². The number of halogens is 2. The summed E-state index contributed by atoms with van der Waals surface area (Å²) in [5.41, 5.74) is 7.19. The molecule has 1 aromatic heterocycles. The van der Waals surface area contributed by atoms with Gasteiger partial charge in [-0.1, -0.05) is 18.9 Å². The molecule has 1 aliphatic heterocycles. The largest absolute Gasteiger partial charge is 0.367 e. The zero-order valence-corrected chi connectivity index (χ0v) is 16.0. The third kappa shape index (κ3) is 3.87. The molecule has 0 unspecified atom stereocenters. The van der Waals surface area contributed by atoms with Crippen LogP contribution in [0.1, 0.15) is 31.2 Å². The Labute approximate surface area is 167 Å². The minimum Gasteiger partial charge on any atom is -0.367 e. The third-order valence-electron chi connectivity index (χ3n) is 5.36. The van der Waals surface area contributed by atoms with Crippen LogP contribution in [-0.2, 0) is 6.54 Å². The van der Waals surface area contributed by atoms with Crippen LogP contribution >= 0.6 is 0 Å². The van der Waals surface area contributed by atoms with Crippen molar-refractivity contribution in [2.24, 2.45) is 5.73 Å². The normalized spacial score (nSPS) is 14.8. The topological polar surface area (TPSA) is 78.3 Å². The fourth-order valence-electron chi connectivity index (χ4n) is 3.96. The molecule has 6 nitrogen and oxygen atoms in total. The number of amides is 2. The third-order valence-corrected chi connectivity index (χ3v) is 5.36. The first-order chi connectivity index (χ1) is 14.0. The maximum atomic E-state index is 14.9. The molecular weight excluding hydrogens is 376 g/mol. The summed E-state index contributed by atoms with van der Waals surface area (Å²) < 4.78 is 29.7. The number of nitrogens with two attached hydrogens (primary N) is 1. The Morgan fingerprint density at radius 1 is 1.14 bits per heavy atom. The van der Waals surface area contributed by atoms with Gasteiger partial charge in [0, 0.05) is 18.5 Å². The van der Waals surface area contributed by atoms with Gasteiger partial charge in [0.1, 0.15) is 17.3 Å². The molecule has 0 atom stereocenters. The van der Waals surface area contributed by atoms with E-state index in [9.17, 15) is 13.6 Å². The van der Waals surface area contributed by atoms with Crippen LogP contribution in [-0.4, -0.2) is 29.3 Å². The van der Waals surface area contributed by atoms with E-state index in [4.69, 9.17) is 5.73 Å². The van der Waals surface area contributed by atoms with Crippen molar-refractivity contribution < 1.29 is 13.6 Å². The molecule has 3 aromatic rings. The van der Waals surface area contributed by atoms with Gasteiger partial charge in [0.05, 0.1) is 23.9 Å². The molecule has 29 heavy (non-hydrogen) atoms. The minimum atomic E-state index is -0.712. The lowest BCUT2D eigenvalue weighted by atomic mass is 10.1. The van der Waals surface area contributed by atoms with Gasteiger partial charge in [0.15, 0.2) is 0 Å². The van der Waals surface area contributed by atoms with E-state index in [1.165, 1.54) is 17.0 Å². The highest BCUT2D eigenvalue weighted by molar-refractivity contribution is 6.01. The van der Waals surface area contributed by atoms with Crippen molar-refractivity contribution in [3.05, 3.63) is 53.7 Å². The van der Waals surface area contributed by atoms with Gasteiger partial charge >= 0.3 is 6.03 Å². The number of nitrogens with zero attached hydrogens (tertiary/aromatic N) is 3. The van der Waals surface area contributed by atoms with Crippen LogP contribution in [0.4, 0.5) is 25.0 Å². The van der Waals surface area contributed by atoms with Gasteiger partial charge in [-0.05, 0) is 42.7 Å². The number of aromatic amines is 1. The van der Waals surface area contributed by atoms with Crippen LogP contribution in [0.3, 0.4) is 0 Å². The Morgan fingerprint density at radius 2 is 1.83 bits per heavy atom. The van der Waals surface area contributed by atoms with Gasteiger partial charge in [-0.15, -0.1) is 0 Å². The molecule has 0 aliphatic carbocycles. The highest BCUT2D eigenvalue weighted by Gasteiger charge is 2.22. The smallest absolute Gasteiger partial charge is 0.319 e. The zero-order chi connectivity index (χ0) is 20.4. The maximum Gasteiger partial charge on any atom is 0.319 e. The highest BCUT2D eigenvalue weighted by Crippen LogP contribution is 2.30. The lowest BCUT2D eigenvalue weighted by Crippen LogP contribution is -2.35. The fourth-order valence-corrected chi connectivity index (χ4v) is 3.96. The van der Waals surface area contributed by atoms with Gasteiger partial charge in [-0.3, -0.25) is 10.00 Å². The summed E-state index contributed by atoms with van der Waals surface area (Å²) in [6.07, 6.45) is 5.58. The summed E-state index contributed by atoms with van der Waals surface area (Å²) in [5.74, 6) is -1.24. The minimum absolute atomic E-state index is 0.0122. The standard InChI is InChI=1S/C21H23F2N5O/c22-16-10-14(11-17(23)20(16)27-8-3-1-2-4-9-27)13-28(21(24)29)19-7-5-6-18-15(19)12-25-26-18/h5-7,10-12H,1-4,8-9,13H2,(H2,24,29)(H,25,26). The van der Waals surface area contributed by atoms with E-state index >= 15 is 0 Å². The van der Waals surface area contributed by atoms with Crippen LogP contribution in [0.5, 0.6) is 0 Å². The number of rotatable bonds is 4. The summed E-state index contributed by atoms with van der Waals surface area (Å²) in [4.78, 5) is 15.2. The molecule has 2 aromatic carbocycles. The van der Waals surface area contributed by atoms with E-state index in [-0.39, 0.29) is 12.2 Å². The molecule has 1 fully saturated rings. The number of fused-ring (bicyclic) bond motifs is 1. The van der Waals surface area contributed by atoms with E-state index in [1.807, 2.05) is 6.07 Å². The number of anilines is 2. The van der Waals surface area contributed by atoms with E-state index in [0.29, 0.717) is 29.7 Å². The second kappa shape index (κ2) is 8.06. The van der Waals surface area contributed by atoms with Crippen LogP contribution in [0.25, 0.3) is 10.9 Å². The average Bonchev–Trinajstić information content (AvgIpc) is 3.01. The van der Waals surface area contributed by atoms with Crippen molar-refractivity contribution in [3.63, 3.8) is 0 Å². The van der Waals surface area contributed by atoms with Crippen molar-refractivity contribution >= 4 is 28.3 Å². The number of hydrogen-bond acceptors (Lipinski definition) is 3. The average molecular weight is 399 g/mol. The highest BCUT2D eigenvalue weighted by atomic mass is 19.1.